The summed E-state index contributed by atoms with van der Waals surface area (Å²) < 4.78 is 5.58. The van der Waals surface area contributed by atoms with Crippen LogP contribution in [-0.4, -0.2) is 11.5 Å². The number of ether oxygens (including phenoxy) is 1. The van der Waals surface area contributed by atoms with E-state index < -0.39 is 4.92 Å². The van der Waals surface area contributed by atoms with E-state index in [2.05, 4.69) is 5.32 Å². The van der Waals surface area contributed by atoms with Crippen molar-refractivity contribution in [3.8, 4) is 5.75 Å². The molecule has 1 heterocycles. The molecule has 5 nitrogen and oxygen atoms in total. The van der Waals surface area contributed by atoms with E-state index in [1.807, 2.05) is 24.3 Å². The predicted molar refractivity (Wildman–Crippen MR) is 79.6 cm³/mol. The van der Waals surface area contributed by atoms with Crippen LogP contribution in [0.25, 0.3) is 0 Å². The Labute approximate surface area is 126 Å². The number of rotatable bonds is 4. The first-order valence-electron chi connectivity index (χ1n) is 6.53. The van der Waals surface area contributed by atoms with E-state index in [9.17, 15) is 10.1 Å². The number of nitro groups is 1. The van der Waals surface area contributed by atoms with Crippen molar-refractivity contribution in [2.45, 2.75) is 12.6 Å². The van der Waals surface area contributed by atoms with Crippen LogP contribution in [-0.2, 0) is 6.54 Å². The van der Waals surface area contributed by atoms with E-state index in [-0.39, 0.29) is 11.7 Å². The van der Waals surface area contributed by atoms with Crippen LogP contribution < -0.4 is 10.1 Å². The molecule has 0 amide bonds. The summed E-state index contributed by atoms with van der Waals surface area (Å²) in [5, 5.41) is 14.8. The number of fused-ring (bicyclic) bond motifs is 1. The first kappa shape index (κ1) is 13.9. The van der Waals surface area contributed by atoms with Crippen molar-refractivity contribution in [2.75, 3.05) is 6.61 Å². The highest BCUT2D eigenvalue weighted by atomic mass is 35.5. The van der Waals surface area contributed by atoms with Gasteiger partial charge in [-0.2, -0.15) is 0 Å². The maximum atomic E-state index is 11.0. The van der Waals surface area contributed by atoms with Gasteiger partial charge in [0, 0.05) is 28.8 Å². The average molecular weight is 305 g/mol. The maximum absolute atomic E-state index is 11.0. The summed E-state index contributed by atoms with van der Waals surface area (Å²) in [5.74, 6) is 0.857. The van der Waals surface area contributed by atoms with Crippen LogP contribution in [0.1, 0.15) is 17.2 Å². The third-order valence-corrected chi connectivity index (χ3v) is 3.71. The maximum Gasteiger partial charge on any atom is 0.273 e. The highest BCUT2D eigenvalue weighted by molar-refractivity contribution is 6.30. The summed E-state index contributed by atoms with van der Waals surface area (Å²) in [7, 11) is 0. The zero-order valence-electron chi connectivity index (χ0n) is 11.1. The van der Waals surface area contributed by atoms with Gasteiger partial charge in [0.25, 0.3) is 5.69 Å². The number of nitro benzene ring substituents is 1. The van der Waals surface area contributed by atoms with E-state index in [0.717, 1.165) is 11.3 Å². The molecule has 1 atom stereocenters. The molecule has 108 valence electrons. The summed E-state index contributed by atoms with van der Waals surface area (Å²) in [6.07, 6.45) is 0. The molecule has 21 heavy (non-hydrogen) atoms. The van der Waals surface area contributed by atoms with E-state index in [1.54, 1.807) is 6.07 Å². The summed E-state index contributed by atoms with van der Waals surface area (Å²) in [6.45, 7) is 0.882. The second kappa shape index (κ2) is 5.71. The summed E-state index contributed by atoms with van der Waals surface area (Å²) >= 11 is 5.92. The van der Waals surface area contributed by atoms with Gasteiger partial charge in [-0.05, 0) is 18.2 Å². The highest BCUT2D eigenvalue weighted by Gasteiger charge is 2.24. The molecule has 1 aliphatic heterocycles. The Morgan fingerprint density at radius 1 is 1.33 bits per heavy atom. The van der Waals surface area contributed by atoms with Gasteiger partial charge >= 0.3 is 0 Å². The lowest BCUT2D eigenvalue weighted by Crippen LogP contribution is -2.22. The van der Waals surface area contributed by atoms with Crippen molar-refractivity contribution in [1.29, 1.82) is 0 Å². The Bertz CT molecular complexity index is 690. The minimum atomic E-state index is -0.396. The second-order valence-corrected chi connectivity index (χ2v) is 5.25. The van der Waals surface area contributed by atoms with Crippen molar-refractivity contribution in [2.24, 2.45) is 0 Å². The van der Waals surface area contributed by atoms with Gasteiger partial charge in [0.2, 0.25) is 0 Å². The largest absolute Gasteiger partial charge is 0.491 e. The van der Waals surface area contributed by atoms with E-state index in [1.165, 1.54) is 12.1 Å². The average Bonchev–Trinajstić information content (AvgIpc) is 2.88. The molecule has 0 fully saturated rings. The van der Waals surface area contributed by atoms with Gasteiger partial charge in [-0.1, -0.05) is 29.8 Å². The standard InChI is InChI=1S/C15H13ClN2O3/c16-11-5-6-14(18(19)20)10(7-11)8-17-13-9-21-15-4-2-1-3-12(13)15/h1-7,13,17H,8-9H2. The minimum absolute atomic E-state index is 0.0276. The van der Waals surface area contributed by atoms with Gasteiger partial charge in [-0.15, -0.1) is 0 Å². The van der Waals surface area contributed by atoms with E-state index in [4.69, 9.17) is 16.3 Å². The van der Waals surface area contributed by atoms with Crippen LogP contribution in [0.4, 0.5) is 5.69 Å². The number of nitrogens with zero attached hydrogens (tertiary/aromatic N) is 1. The normalized spacial score (nSPS) is 16.3. The summed E-state index contributed by atoms with van der Waals surface area (Å²) in [4.78, 5) is 10.6. The number of benzene rings is 2. The first-order chi connectivity index (χ1) is 10.1. The van der Waals surface area contributed by atoms with Crippen molar-refractivity contribution >= 4 is 17.3 Å². The van der Waals surface area contributed by atoms with Crippen LogP contribution in [0.2, 0.25) is 5.02 Å². The van der Waals surface area contributed by atoms with Crippen molar-refractivity contribution in [1.82, 2.24) is 5.32 Å². The van der Waals surface area contributed by atoms with Gasteiger partial charge in [-0.3, -0.25) is 10.1 Å². The van der Waals surface area contributed by atoms with Crippen LogP contribution in [0.15, 0.2) is 42.5 Å². The van der Waals surface area contributed by atoms with E-state index >= 15 is 0 Å². The molecule has 2 aromatic rings. The zero-order valence-corrected chi connectivity index (χ0v) is 11.8. The van der Waals surface area contributed by atoms with Crippen LogP contribution >= 0.6 is 11.6 Å². The lowest BCUT2D eigenvalue weighted by molar-refractivity contribution is -0.385. The van der Waals surface area contributed by atoms with Crippen molar-refractivity contribution in [3.05, 3.63) is 68.7 Å². The Morgan fingerprint density at radius 3 is 2.95 bits per heavy atom. The SMILES string of the molecule is O=[N+]([O-])c1ccc(Cl)cc1CNC1COc2ccccc21. The van der Waals surface area contributed by atoms with Gasteiger partial charge in [0.1, 0.15) is 12.4 Å². The molecule has 3 rings (SSSR count). The summed E-state index contributed by atoms with van der Waals surface area (Å²) in [5.41, 5.74) is 1.71. The molecule has 1 aliphatic rings. The van der Waals surface area contributed by atoms with Crippen molar-refractivity contribution < 1.29 is 9.66 Å². The molecule has 0 saturated carbocycles. The number of halogens is 1. The monoisotopic (exact) mass is 304 g/mol. The van der Waals surface area contributed by atoms with Crippen LogP contribution in [0.5, 0.6) is 5.75 Å². The molecule has 0 aromatic heterocycles. The molecular formula is C15H13ClN2O3. The molecule has 0 aliphatic carbocycles. The fourth-order valence-corrected chi connectivity index (χ4v) is 2.63. The third-order valence-electron chi connectivity index (χ3n) is 3.48. The number of para-hydroxylation sites is 1. The van der Waals surface area contributed by atoms with Gasteiger partial charge < -0.3 is 10.1 Å². The Hall–Kier alpha value is -2.11. The fraction of sp³-hybridized carbons (Fsp3) is 0.200. The molecule has 0 spiro atoms. The molecule has 0 saturated heterocycles. The fourth-order valence-electron chi connectivity index (χ4n) is 2.44. The Kier molecular flexibility index (Phi) is 3.77. The quantitative estimate of drug-likeness (QED) is 0.694. The molecule has 1 N–H and O–H groups in total. The van der Waals surface area contributed by atoms with Crippen LogP contribution in [0.3, 0.4) is 0 Å². The second-order valence-electron chi connectivity index (χ2n) is 4.81. The molecule has 6 heteroatoms. The third kappa shape index (κ3) is 2.84. The molecule has 0 bridgehead atoms. The highest BCUT2D eigenvalue weighted by Crippen LogP contribution is 2.32. The first-order valence-corrected chi connectivity index (χ1v) is 6.91. The molecule has 1 unspecified atom stereocenters. The predicted octanol–water partition coefficient (Wildman–Crippen LogP) is 3.47. The zero-order chi connectivity index (χ0) is 14.8. The lowest BCUT2D eigenvalue weighted by Gasteiger charge is -2.12. The van der Waals surface area contributed by atoms with Gasteiger partial charge in [0.05, 0.1) is 11.0 Å². The van der Waals surface area contributed by atoms with Gasteiger partial charge in [0.15, 0.2) is 0 Å². The van der Waals surface area contributed by atoms with Gasteiger partial charge in [-0.25, -0.2) is 0 Å². The van der Waals surface area contributed by atoms with Crippen molar-refractivity contribution in [3.63, 3.8) is 0 Å². The molecular weight excluding hydrogens is 292 g/mol. The Morgan fingerprint density at radius 2 is 2.14 bits per heavy atom. The number of hydrogen-bond acceptors (Lipinski definition) is 4. The van der Waals surface area contributed by atoms with Crippen LogP contribution in [0, 0.1) is 10.1 Å². The summed E-state index contributed by atoms with van der Waals surface area (Å²) in [6, 6.07) is 12.4. The number of hydrogen-bond donors (Lipinski definition) is 1. The van der Waals surface area contributed by atoms with E-state index in [0.29, 0.717) is 23.7 Å². The topological polar surface area (TPSA) is 64.4 Å². The number of nitrogens with one attached hydrogen (secondary N) is 1. The lowest BCUT2D eigenvalue weighted by atomic mass is 10.1. The smallest absolute Gasteiger partial charge is 0.273 e. The Balaban J connectivity index is 1.77. The molecule has 2 aromatic carbocycles. The molecule has 0 radical (unpaired) electrons. The minimum Gasteiger partial charge on any atom is -0.491 e.